The van der Waals surface area contributed by atoms with E-state index in [0.29, 0.717) is 6.54 Å². The maximum Gasteiger partial charge on any atom is 0.191 e. The minimum Gasteiger partial charge on any atom is -0.396 e. The normalized spacial score (nSPS) is 15.9. The number of aliphatic hydroxyl groups is 1. The van der Waals surface area contributed by atoms with Gasteiger partial charge in [-0.05, 0) is 42.6 Å². The number of rotatable bonds is 8. The Morgan fingerprint density at radius 1 is 0.967 bits per heavy atom. The molecule has 1 aliphatic rings. The molecule has 0 radical (unpaired) electrons. The van der Waals surface area contributed by atoms with Crippen LogP contribution in [-0.2, 0) is 13.1 Å². The van der Waals surface area contributed by atoms with Crippen LogP contribution in [0.3, 0.4) is 0 Å². The average Bonchev–Trinajstić information content (AvgIpc) is 2.78. The van der Waals surface area contributed by atoms with Crippen LogP contribution in [0.4, 0.5) is 0 Å². The number of nitrogens with zero attached hydrogens (tertiary/aromatic N) is 2. The average molecular weight is 522 g/mol. The van der Waals surface area contributed by atoms with E-state index in [1.807, 2.05) is 18.2 Å². The second-order valence-corrected chi connectivity index (χ2v) is 7.70. The van der Waals surface area contributed by atoms with Gasteiger partial charge in [0, 0.05) is 32.6 Å². The standard InChI is InChI=1S/C24H34N4O.HI/c1-25-24(27-17-23(19-29)20-10-4-2-5-11-20)26-16-21-12-6-7-13-22(21)18-28-14-8-3-9-15-28;/h2,4-7,10-13,23,29H,3,8-9,14-19H2,1H3,(H2,25,26,27);1H. The van der Waals surface area contributed by atoms with E-state index in [2.05, 4.69) is 56.9 Å². The fraction of sp³-hybridized carbons (Fsp3) is 0.458. The lowest BCUT2D eigenvalue weighted by Gasteiger charge is -2.27. The monoisotopic (exact) mass is 522 g/mol. The van der Waals surface area contributed by atoms with Gasteiger partial charge in [-0.1, -0.05) is 61.0 Å². The summed E-state index contributed by atoms with van der Waals surface area (Å²) in [7, 11) is 1.78. The summed E-state index contributed by atoms with van der Waals surface area (Å²) in [5, 5.41) is 16.6. The van der Waals surface area contributed by atoms with Crippen LogP contribution in [0.15, 0.2) is 59.6 Å². The molecule has 30 heavy (non-hydrogen) atoms. The lowest BCUT2D eigenvalue weighted by Crippen LogP contribution is -2.39. The maximum absolute atomic E-state index is 9.76. The molecular weight excluding hydrogens is 487 g/mol. The molecule has 0 bridgehead atoms. The van der Waals surface area contributed by atoms with Crippen molar-refractivity contribution in [2.24, 2.45) is 4.99 Å². The maximum atomic E-state index is 9.76. The zero-order valence-corrected chi connectivity index (χ0v) is 20.2. The minimum absolute atomic E-state index is 0. The van der Waals surface area contributed by atoms with E-state index >= 15 is 0 Å². The summed E-state index contributed by atoms with van der Waals surface area (Å²) in [5.41, 5.74) is 3.82. The molecule has 1 heterocycles. The smallest absolute Gasteiger partial charge is 0.191 e. The molecular formula is C24H35IN4O. The SMILES string of the molecule is CN=C(NCc1ccccc1CN1CCCCC1)NCC(CO)c1ccccc1.I. The van der Waals surface area contributed by atoms with Crippen molar-refractivity contribution >= 4 is 29.9 Å². The summed E-state index contributed by atoms with van der Waals surface area (Å²) >= 11 is 0. The molecule has 0 amide bonds. The van der Waals surface area contributed by atoms with E-state index in [1.54, 1.807) is 7.05 Å². The van der Waals surface area contributed by atoms with Crippen LogP contribution >= 0.6 is 24.0 Å². The Bertz CT molecular complexity index is 763. The summed E-state index contributed by atoms with van der Waals surface area (Å²) < 4.78 is 0. The molecule has 164 valence electrons. The van der Waals surface area contributed by atoms with E-state index in [-0.39, 0.29) is 36.5 Å². The van der Waals surface area contributed by atoms with Crippen LogP contribution in [0.1, 0.15) is 41.9 Å². The predicted octanol–water partition coefficient (Wildman–Crippen LogP) is 3.73. The fourth-order valence-corrected chi connectivity index (χ4v) is 3.88. The number of halogens is 1. The number of guanidine groups is 1. The molecule has 0 saturated carbocycles. The lowest BCUT2D eigenvalue weighted by atomic mass is 10.0. The van der Waals surface area contributed by atoms with Gasteiger partial charge in [-0.3, -0.25) is 9.89 Å². The van der Waals surface area contributed by atoms with Crippen LogP contribution in [0, 0.1) is 0 Å². The molecule has 0 spiro atoms. The molecule has 6 heteroatoms. The Morgan fingerprint density at radius 3 is 2.30 bits per heavy atom. The summed E-state index contributed by atoms with van der Waals surface area (Å²) in [4.78, 5) is 6.91. The number of hydrogen-bond donors (Lipinski definition) is 3. The Morgan fingerprint density at radius 2 is 1.63 bits per heavy atom. The number of aliphatic imine (C=N–C) groups is 1. The van der Waals surface area contributed by atoms with E-state index in [9.17, 15) is 5.11 Å². The van der Waals surface area contributed by atoms with Crippen molar-refractivity contribution in [2.45, 2.75) is 38.3 Å². The second-order valence-electron chi connectivity index (χ2n) is 7.70. The molecule has 2 aromatic rings. The fourth-order valence-electron chi connectivity index (χ4n) is 3.88. The number of nitrogens with one attached hydrogen (secondary N) is 2. The van der Waals surface area contributed by atoms with Crippen LogP contribution in [-0.4, -0.2) is 49.3 Å². The van der Waals surface area contributed by atoms with Crippen LogP contribution in [0.2, 0.25) is 0 Å². The van der Waals surface area contributed by atoms with Crippen LogP contribution in [0.5, 0.6) is 0 Å². The zero-order valence-electron chi connectivity index (χ0n) is 17.9. The molecule has 5 nitrogen and oxygen atoms in total. The van der Waals surface area contributed by atoms with Gasteiger partial charge in [-0.2, -0.15) is 0 Å². The summed E-state index contributed by atoms with van der Waals surface area (Å²) in [6.07, 6.45) is 3.98. The highest BCUT2D eigenvalue weighted by molar-refractivity contribution is 14.0. The quantitative estimate of drug-likeness (QED) is 0.281. The van der Waals surface area contributed by atoms with Gasteiger partial charge >= 0.3 is 0 Å². The van der Waals surface area contributed by atoms with Gasteiger partial charge in [0.25, 0.3) is 0 Å². The number of benzene rings is 2. The Kier molecular flexibility index (Phi) is 11.2. The minimum atomic E-state index is 0. The van der Waals surface area contributed by atoms with E-state index in [1.165, 1.54) is 43.5 Å². The van der Waals surface area contributed by atoms with Crippen molar-refractivity contribution < 1.29 is 5.11 Å². The van der Waals surface area contributed by atoms with Gasteiger partial charge in [-0.25, -0.2) is 0 Å². The zero-order chi connectivity index (χ0) is 20.3. The van der Waals surface area contributed by atoms with Crippen LogP contribution in [0.25, 0.3) is 0 Å². The van der Waals surface area contributed by atoms with Crippen molar-refractivity contribution in [3.63, 3.8) is 0 Å². The first-order valence-electron chi connectivity index (χ1n) is 10.7. The molecule has 1 aliphatic heterocycles. The number of likely N-dealkylation sites (tertiary alicyclic amines) is 1. The van der Waals surface area contributed by atoms with Crippen LogP contribution < -0.4 is 10.6 Å². The second kappa shape index (κ2) is 13.6. The third-order valence-electron chi connectivity index (χ3n) is 5.64. The summed E-state index contributed by atoms with van der Waals surface area (Å²) in [5.74, 6) is 0.799. The topological polar surface area (TPSA) is 59.9 Å². The molecule has 3 rings (SSSR count). The molecule has 3 N–H and O–H groups in total. The highest BCUT2D eigenvalue weighted by Crippen LogP contribution is 2.16. The van der Waals surface area contributed by atoms with Crippen molar-refractivity contribution in [3.8, 4) is 0 Å². The largest absolute Gasteiger partial charge is 0.396 e. The molecule has 1 saturated heterocycles. The Hall–Kier alpha value is -1.64. The molecule has 0 aromatic heterocycles. The summed E-state index contributed by atoms with van der Waals surface area (Å²) in [6.45, 7) is 4.89. The van der Waals surface area contributed by atoms with Gasteiger partial charge in [0.1, 0.15) is 0 Å². The lowest BCUT2D eigenvalue weighted by molar-refractivity contribution is 0.220. The predicted molar refractivity (Wildman–Crippen MR) is 135 cm³/mol. The van der Waals surface area contributed by atoms with E-state index in [0.717, 1.165) is 24.6 Å². The molecule has 1 unspecified atom stereocenters. The Labute approximate surface area is 198 Å². The first kappa shape index (κ1) is 24.6. The highest BCUT2D eigenvalue weighted by atomic mass is 127. The van der Waals surface area contributed by atoms with Crippen molar-refractivity contribution in [2.75, 3.05) is 33.3 Å². The first-order chi connectivity index (χ1) is 14.3. The number of hydrogen-bond acceptors (Lipinski definition) is 3. The van der Waals surface area contributed by atoms with Gasteiger partial charge < -0.3 is 15.7 Å². The third kappa shape index (κ3) is 7.56. The number of piperidine rings is 1. The van der Waals surface area contributed by atoms with Crippen molar-refractivity contribution in [1.82, 2.24) is 15.5 Å². The first-order valence-corrected chi connectivity index (χ1v) is 10.7. The molecule has 2 aromatic carbocycles. The van der Waals surface area contributed by atoms with Crippen molar-refractivity contribution in [3.05, 3.63) is 71.3 Å². The molecule has 1 fully saturated rings. The van der Waals surface area contributed by atoms with E-state index < -0.39 is 0 Å². The Balaban J connectivity index is 0.00000320. The number of aliphatic hydroxyl groups excluding tert-OH is 1. The molecule has 1 atom stereocenters. The molecule has 0 aliphatic carbocycles. The van der Waals surface area contributed by atoms with E-state index in [4.69, 9.17) is 0 Å². The highest BCUT2D eigenvalue weighted by Gasteiger charge is 2.13. The summed E-state index contributed by atoms with van der Waals surface area (Å²) in [6, 6.07) is 18.8. The third-order valence-corrected chi connectivity index (χ3v) is 5.64. The van der Waals surface area contributed by atoms with Crippen molar-refractivity contribution in [1.29, 1.82) is 0 Å². The van der Waals surface area contributed by atoms with Gasteiger partial charge in [-0.15, -0.1) is 24.0 Å². The van der Waals surface area contributed by atoms with Gasteiger partial charge in [0.15, 0.2) is 5.96 Å². The van der Waals surface area contributed by atoms with Gasteiger partial charge in [0.05, 0.1) is 6.61 Å². The van der Waals surface area contributed by atoms with Gasteiger partial charge in [0.2, 0.25) is 0 Å².